The van der Waals surface area contributed by atoms with Crippen molar-refractivity contribution in [3.05, 3.63) is 23.8 Å². The summed E-state index contributed by atoms with van der Waals surface area (Å²) in [7, 11) is 1.23. The Labute approximate surface area is 115 Å². The maximum atomic E-state index is 12.4. The molecule has 1 fully saturated rings. The number of hydrogen-bond acceptors (Lipinski definition) is 6. The van der Waals surface area contributed by atoms with Gasteiger partial charge in [0.2, 0.25) is 0 Å². The van der Waals surface area contributed by atoms with E-state index in [9.17, 15) is 19.8 Å². The summed E-state index contributed by atoms with van der Waals surface area (Å²) < 4.78 is 9.80. The average Bonchev–Trinajstić information content (AvgIpc) is 2.48. The molecule has 1 amide bonds. The Morgan fingerprint density at radius 3 is 2.85 bits per heavy atom. The molecule has 108 valence electrons. The number of rotatable bonds is 2. The van der Waals surface area contributed by atoms with Gasteiger partial charge in [0.1, 0.15) is 11.5 Å². The van der Waals surface area contributed by atoms with Crippen LogP contribution in [0.2, 0.25) is 0 Å². The normalized spacial score (nSPS) is 18.6. The number of nitrogens with zero attached hydrogens (tertiary/aromatic N) is 1. The molecule has 0 bridgehead atoms. The Hall–Kier alpha value is -2.28. The molecule has 0 spiro atoms. The van der Waals surface area contributed by atoms with Crippen LogP contribution in [0.25, 0.3) is 0 Å². The largest absolute Gasteiger partial charge is 0.508 e. The molecule has 1 aromatic rings. The zero-order chi connectivity index (χ0) is 14.7. The lowest BCUT2D eigenvalue weighted by Gasteiger charge is -2.33. The second-order valence-corrected chi connectivity index (χ2v) is 4.31. The molecule has 2 N–H and O–H groups in total. The van der Waals surface area contributed by atoms with Gasteiger partial charge in [-0.2, -0.15) is 0 Å². The van der Waals surface area contributed by atoms with Crippen LogP contribution in [-0.2, 0) is 14.3 Å². The summed E-state index contributed by atoms with van der Waals surface area (Å²) in [6.07, 6.45) is 0. The van der Waals surface area contributed by atoms with Gasteiger partial charge in [-0.05, 0) is 18.2 Å². The summed E-state index contributed by atoms with van der Waals surface area (Å²) >= 11 is 0. The van der Waals surface area contributed by atoms with Crippen LogP contribution in [0.1, 0.15) is 10.4 Å². The van der Waals surface area contributed by atoms with Gasteiger partial charge < -0.3 is 24.6 Å². The van der Waals surface area contributed by atoms with Crippen LogP contribution in [0, 0.1) is 0 Å². The first kappa shape index (κ1) is 14.1. The molecule has 0 aromatic heterocycles. The molecule has 7 nitrogen and oxygen atoms in total. The van der Waals surface area contributed by atoms with Gasteiger partial charge in [-0.3, -0.25) is 4.79 Å². The van der Waals surface area contributed by atoms with E-state index in [0.717, 1.165) is 6.07 Å². The van der Waals surface area contributed by atoms with Gasteiger partial charge >= 0.3 is 5.97 Å². The van der Waals surface area contributed by atoms with Crippen LogP contribution in [0.4, 0.5) is 0 Å². The van der Waals surface area contributed by atoms with Gasteiger partial charge in [-0.25, -0.2) is 4.79 Å². The Morgan fingerprint density at radius 2 is 2.15 bits per heavy atom. The van der Waals surface area contributed by atoms with Crippen LogP contribution < -0.4 is 0 Å². The van der Waals surface area contributed by atoms with E-state index in [2.05, 4.69) is 4.74 Å². The summed E-state index contributed by atoms with van der Waals surface area (Å²) in [4.78, 5) is 25.3. The molecule has 1 heterocycles. The first-order valence-electron chi connectivity index (χ1n) is 6.03. The molecule has 1 saturated heterocycles. The number of methoxy groups -OCH3 is 1. The molecular weight excluding hydrogens is 266 g/mol. The van der Waals surface area contributed by atoms with E-state index < -0.39 is 17.9 Å². The number of hydrogen-bond donors (Lipinski definition) is 2. The van der Waals surface area contributed by atoms with E-state index in [1.54, 1.807) is 0 Å². The highest BCUT2D eigenvalue weighted by Gasteiger charge is 2.35. The number of phenolic OH excluding ortho intramolecular Hbond substituents is 2. The zero-order valence-corrected chi connectivity index (χ0v) is 10.9. The molecule has 1 unspecified atom stereocenters. The summed E-state index contributed by atoms with van der Waals surface area (Å²) in [6, 6.07) is 2.78. The second kappa shape index (κ2) is 5.79. The third-order valence-electron chi connectivity index (χ3n) is 3.07. The van der Waals surface area contributed by atoms with Crippen molar-refractivity contribution in [1.82, 2.24) is 4.90 Å². The molecule has 20 heavy (non-hydrogen) atoms. The number of carbonyl (C=O) groups excluding carboxylic acids is 2. The number of phenols is 2. The fourth-order valence-corrected chi connectivity index (χ4v) is 2.03. The quantitative estimate of drug-likeness (QED) is 0.590. The van der Waals surface area contributed by atoms with Gasteiger partial charge in [0, 0.05) is 6.54 Å². The number of benzene rings is 1. The second-order valence-electron chi connectivity index (χ2n) is 4.31. The molecule has 0 aliphatic carbocycles. The summed E-state index contributed by atoms with van der Waals surface area (Å²) in [5.41, 5.74) is -0.0687. The number of amides is 1. The lowest BCUT2D eigenvalue weighted by molar-refractivity contribution is -0.151. The van der Waals surface area contributed by atoms with E-state index in [4.69, 9.17) is 4.74 Å². The predicted molar refractivity (Wildman–Crippen MR) is 67.4 cm³/mol. The predicted octanol–water partition coefficient (Wildman–Crippen LogP) is 0.112. The molecule has 1 aromatic carbocycles. The highest BCUT2D eigenvalue weighted by atomic mass is 16.5. The highest BCUT2D eigenvalue weighted by Crippen LogP contribution is 2.25. The van der Waals surface area contributed by atoms with Crippen molar-refractivity contribution < 1.29 is 29.3 Å². The molecule has 7 heteroatoms. The van der Waals surface area contributed by atoms with Crippen LogP contribution in [-0.4, -0.2) is 59.9 Å². The van der Waals surface area contributed by atoms with Crippen LogP contribution >= 0.6 is 0 Å². The monoisotopic (exact) mass is 281 g/mol. The topological polar surface area (TPSA) is 96.3 Å². The van der Waals surface area contributed by atoms with E-state index in [0.29, 0.717) is 6.61 Å². The first-order valence-corrected chi connectivity index (χ1v) is 6.03. The third-order valence-corrected chi connectivity index (χ3v) is 3.07. The Kier molecular flexibility index (Phi) is 4.09. The maximum Gasteiger partial charge on any atom is 0.331 e. The fourth-order valence-electron chi connectivity index (χ4n) is 2.03. The van der Waals surface area contributed by atoms with Crippen molar-refractivity contribution in [3.63, 3.8) is 0 Å². The molecule has 0 radical (unpaired) electrons. The Balaban J connectivity index is 2.30. The molecule has 1 atom stereocenters. The molecular formula is C13H15NO6. The fraction of sp³-hybridized carbons (Fsp3) is 0.385. The van der Waals surface area contributed by atoms with Gasteiger partial charge in [0.05, 0.1) is 25.9 Å². The first-order chi connectivity index (χ1) is 9.54. The minimum Gasteiger partial charge on any atom is -0.508 e. The van der Waals surface area contributed by atoms with Crippen LogP contribution in [0.15, 0.2) is 18.2 Å². The number of ether oxygens (including phenoxy) is 2. The van der Waals surface area contributed by atoms with E-state index in [-0.39, 0.29) is 30.2 Å². The number of esters is 1. The SMILES string of the molecule is COC(=O)C1COCCN1C(=O)c1cc(O)ccc1O. The highest BCUT2D eigenvalue weighted by molar-refractivity contribution is 5.99. The summed E-state index contributed by atoms with van der Waals surface area (Å²) in [5, 5.41) is 19.1. The van der Waals surface area contributed by atoms with Gasteiger partial charge in [-0.1, -0.05) is 0 Å². The van der Waals surface area contributed by atoms with E-state index in [1.165, 1.54) is 24.1 Å². The van der Waals surface area contributed by atoms with Gasteiger partial charge in [-0.15, -0.1) is 0 Å². The lowest BCUT2D eigenvalue weighted by Crippen LogP contribution is -2.53. The minimum atomic E-state index is -0.858. The molecule has 1 aliphatic rings. The van der Waals surface area contributed by atoms with Crippen molar-refractivity contribution >= 4 is 11.9 Å². The van der Waals surface area contributed by atoms with E-state index >= 15 is 0 Å². The summed E-state index contributed by atoms with van der Waals surface area (Å²) in [5.74, 6) is -1.55. The Morgan fingerprint density at radius 1 is 1.40 bits per heavy atom. The van der Waals surface area contributed by atoms with Crippen molar-refractivity contribution in [2.45, 2.75) is 6.04 Å². The molecule has 2 rings (SSSR count). The van der Waals surface area contributed by atoms with Crippen molar-refractivity contribution in [3.8, 4) is 11.5 Å². The third kappa shape index (κ3) is 2.67. The summed E-state index contributed by atoms with van der Waals surface area (Å²) in [6.45, 7) is 0.532. The van der Waals surface area contributed by atoms with Gasteiger partial charge in [0.15, 0.2) is 6.04 Å². The molecule has 0 saturated carbocycles. The number of carbonyl (C=O) groups is 2. The maximum absolute atomic E-state index is 12.4. The Bertz CT molecular complexity index is 530. The minimum absolute atomic E-state index is 0.0397. The number of aromatic hydroxyl groups is 2. The van der Waals surface area contributed by atoms with Crippen LogP contribution in [0.3, 0.4) is 0 Å². The smallest absolute Gasteiger partial charge is 0.331 e. The van der Waals surface area contributed by atoms with Gasteiger partial charge in [0.25, 0.3) is 5.91 Å². The van der Waals surface area contributed by atoms with Crippen LogP contribution in [0.5, 0.6) is 11.5 Å². The average molecular weight is 281 g/mol. The van der Waals surface area contributed by atoms with E-state index in [1.807, 2.05) is 0 Å². The number of morpholine rings is 1. The van der Waals surface area contributed by atoms with Crippen molar-refractivity contribution in [2.75, 3.05) is 26.9 Å². The zero-order valence-electron chi connectivity index (χ0n) is 10.9. The lowest BCUT2D eigenvalue weighted by atomic mass is 10.1. The standard InChI is InChI=1S/C13H15NO6/c1-19-13(18)10-7-20-5-4-14(10)12(17)9-6-8(15)2-3-11(9)16/h2-3,6,10,15-16H,4-5,7H2,1H3. The van der Waals surface area contributed by atoms with Crippen molar-refractivity contribution in [1.29, 1.82) is 0 Å². The van der Waals surface area contributed by atoms with Crippen molar-refractivity contribution in [2.24, 2.45) is 0 Å². The molecule has 1 aliphatic heterocycles.